The van der Waals surface area contributed by atoms with E-state index in [9.17, 15) is 50.3 Å². The van der Waals surface area contributed by atoms with Gasteiger partial charge in [0.15, 0.2) is 0 Å². The molecule has 0 heterocycles. The zero-order chi connectivity index (χ0) is 51.9. The van der Waals surface area contributed by atoms with Gasteiger partial charge in [-0.2, -0.15) is 87.8 Å². The van der Waals surface area contributed by atoms with Crippen molar-refractivity contribution in [2.45, 2.75) is 72.1 Å². The van der Waals surface area contributed by atoms with Gasteiger partial charge in [-0.15, -0.1) is 6.58 Å². The Morgan fingerprint density at radius 2 is 0.615 bits per heavy atom. The molecule has 65 heavy (non-hydrogen) atoms. The SMILES string of the molecule is C=COC(=O)CCC(C=C)(COC(=O)C=C)C(F)(F)C(F)(F)C(F)(F)C(F)(F)C(F)(F)C(F)(F)C(F)(F)C(F)(F)C(F)(F)C(F)(F)C(COC(=O)C=C)(COC(=O)C=C)COC(=O)C=C. The largest absolute Gasteiger partial charge is 0.461 e. The second kappa shape index (κ2) is 19.9. The van der Waals surface area contributed by atoms with E-state index in [1.165, 1.54) is 0 Å². The van der Waals surface area contributed by atoms with Crippen molar-refractivity contribution < 1.29 is 135 Å². The summed E-state index contributed by atoms with van der Waals surface area (Å²) >= 11 is 0. The molecular formula is C35H30F20O10. The maximum atomic E-state index is 15.9. The van der Waals surface area contributed by atoms with Crippen LogP contribution >= 0.6 is 0 Å². The smallest absolute Gasteiger partial charge is 0.385 e. The molecule has 0 aromatic heterocycles. The van der Waals surface area contributed by atoms with Gasteiger partial charge in [0.2, 0.25) is 0 Å². The van der Waals surface area contributed by atoms with Gasteiger partial charge in [-0.25, -0.2) is 19.2 Å². The van der Waals surface area contributed by atoms with E-state index in [1.807, 2.05) is 0 Å². The molecule has 0 aliphatic rings. The summed E-state index contributed by atoms with van der Waals surface area (Å²) in [6, 6.07) is 0. The lowest BCUT2D eigenvalue weighted by atomic mass is 9.72. The fraction of sp³-hybridized carbons (Fsp3) is 0.514. The van der Waals surface area contributed by atoms with E-state index < -0.39 is 145 Å². The number of carbonyl (C=O) groups is 5. The standard InChI is InChI=1S/C35H30F20O10/c1-7-19(56)62-15-24(11-5,14-13-23(60)61-12-6)26(36,37)28(40,41)30(44,45)32(48,49)34(52,53)35(54,55)33(50,51)31(46,47)29(42,43)27(38,39)25(16-63-20(57)8-2,17-64-21(58)9-3)18-65-22(59)10-4/h7-12H,1-6,13-18H2. The van der Waals surface area contributed by atoms with Gasteiger partial charge in [0.05, 0.1) is 11.7 Å². The lowest BCUT2D eigenvalue weighted by molar-refractivity contribution is -0.475. The number of esters is 5. The molecule has 30 heteroatoms. The molecule has 0 radical (unpaired) electrons. The summed E-state index contributed by atoms with van der Waals surface area (Å²) in [5.41, 5.74) is -9.71. The Labute approximate surface area is 351 Å². The molecule has 0 N–H and O–H groups in total. The number of hydrogen-bond donors (Lipinski definition) is 0. The molecule has 0 aliphatic heterocycles. The van der Waals surface area contributed by atoms with Crippen LogP contribution in [0.25, 0.3) is 0 Å². The van der Waals surface area contributed by atoms with Crippen molar-refractivity contribution in [2.75, 3.05) is 26.4 Å². The molecule has 0 aromatic rings. The predicted octanol–water partition coefficient (Wildman–Crippen LogP) is 8.88. The summed E-state index contributed by atoms with van der Waals surface area (Å²) in [5.74, 6) is -98.1. The van der Waals surface area contributed by atoms with E-state index in [0.29, 0.717) is 0 Å². The topological polar surface area (TPSA) is 132 Å². The minimum Gasteiger partial charge on any atom is -0.461 e. The Hall–Kier alpha value is -5.61. The van der Waals surface area contributed by atoms with Gasteiger partial charge >= 0.3 is 89.1 Å². The van der Waals surface area contributed by atoms with Crippen LogP contribution in [0.1, 0.15) is 12.8 Å². The Morgan fingerprint density at radius 3 is 0.862 bits per heavy atom. The minimum absolute atomic E-state index is 0.0176. The first-order chi connectivity index (χ1) is 29.1. The maximum absolute atomic E-state index is 15.9. The van der Waals surface area contributed by atoms with Gasteiger partial charge in [-0.05, 0) is 6.42 Å². The van der Waals surface area contributed by atoms with Crippen LogP contribution in [0, 0.1) is 10.8 Å². The van der Waals surface area contributed by atoms with Crippen molar-refractivity contribution in [2.24, 2.45) is 10.8 Å². The first-order valence-electron chi connectivity index (χ1n) is 16.5. The zero-order valence-electron chi connectivity index (χ0n) is 32.1. The van der Waals surface area contributed by atoms with Crippen molar-refractivity contribution in [1.29, 1.82) is 0 Å². The highest BCUT2D eigenvalue weighted by Gasteiger charge is 2.98. The molecule has 1 atom stereocenters. The predicted molar refractivity (Wildman–Crippen MR) is 175 cm³/mol. The summed E-state index contributed by atoms with van der Waals surface area (Å²) in [7, 11) is 0. The molecule has 10 nitrogen and oxygen atoms in total. The molecule has 0 fully saturated rings. The Kier molecular flexibility index (Phi) is 18.2. The van der Waals surface area contributed by atoms with Crippen LogP contribution < -0.4 is 0 Å². The third kappa shape index (κ3) is 9.84. The first-order valence-corrected chi connectivity index (χ1v) is 16.5. The van der Waals surface area contributed by atoms with Crippen LogP contribution in [-0.2, 0) is 47.7 Å². The third-order valence-electron chi connectivity index (χ3n) is 8.83. The van der Waals surface area contributed by atoms with Gasteiger partial charge in [0.25, 0.3) is 0 Å². The van der Waals surface area contributed by atoms with E-state index in [4.69, 9.17) is 0 Å². The highest BCUT2D eigenvalue weighted by Crippen LogP contribution is 2.68. The maximum Gasteiger partial charge on any atom is 0.385 e. The van der Waals surface area contributed by atoms with E-state index in [1.54, 1.807) is 0 Å². The molecule has 0 saturated carbocycles. The number of hydrogen-bond acceptors (Lipinski definition) is 10. The fourth-order valence-corrected chi connectivity index (χ4v) is 4.77. The molecule has 0 spiro atoms. The molecule has 1 unspecified atom stereocenters. The molecule has 0 rings (SSSR count). The van der Waals surface area contributed by atoms with E-state index in [2.05, 4.69) is 63.2 Å². The van der Waals surface area contributed by atoms with Crippen LogP contribution in [0.3, 0.4) is 0 Å². The molecule has 0 amide bonds. The third-order valence-corrected chi connectivity index (χ3v) is 8.83. The monoisotopic (exact) mass is 990 g/mol. The summed E-state index contributed by atoms with van der Waals surface area (Å²) in [5, 5.41) is 0. The minimum atomic E-state index is -9.52. The van der Waals surface area contributed by atoms with Crippen molar-refractivity contribution in [1.82, 2.24) is 0 Å². The van der Waals surface area contributed by atoms with Gasteiger partial charge in [-0.1, -0.05) is 39.0 Å². The van der Waals surface area contributed by atoms with Gasteiger partial charge in [-0.3, -0.25) is 4.79 Å². The Bertz CT molecular complexity index is 1800. The second-order valence-corrected chi connectivity index (χ2v) is 12.8. The van der Waals surface area contributed by atoms with E-state index >= 15 is 61.5 Å². The van der Waals surface area contributed by atoms with Crippen molar-refractivity contribution in [3.8, 4) is 0 Å². The molecule has 370 valence electrons. The van der Waals surface area contributed by atoms with Crippen molar-refractivity contribution in [3.63, 3.8) is 0 Å². The highest BCUT2D eigenvalue weighted by atomic mass is 19.4. The number of ether oxygens (including phenoxy) is 5. The summed E-state index contributed by atoms with van der Waals surface area (Å²) in [6.45, 7) is 5.05. The van der Waals surface area contributed by atoms with Crippen molar-refractivity contribution >= 4 is 29.8 Å². The van der Waals surface area contributed by atoms with Gasteiger partial charge in [0.1, 0.15) is 31.8 Å². The summed E-state index contributed by atoms with van der Waals surface area (Å²) < 4.78 is 324. The van der Waals surface area contributed by atoms with E-state index in [0.717, 1.165) is 0 Å². The van der Waals surface area contributed by atoms with Crippen LogP contribution in [0.5, 0.6) is 0 Å². The number of carbonyl (C=O) groups excluding carboxylic acids is 5. The first kappa shape index (κ1) is 59.4. The molecule has 0 aliphatic carbocycles. The summed E-state index contributed by atoms with van der Waals surface area (Å²) in [4.78, 5) is 58.0. The van der Waals surface area contributed by atoms with Gasteiger partial charge < -0.3 is 23.7 Å². The lowest BCUT2D eigenvalue weighted by Crippen LogP contribution is -2.78. The quantitative estimate of drug-likeness (QED) is 0.0187. The number of alkyl halides is 20. The van der Waals surface area contributed by atoms with Crippen LogP contribution in [0.15, 0.2) is 76.1 Å². The fourth-order valence-electron chi connectivity index (χ4n) is 4.77. The zero-order valence-corrected chi connectivity index (χ0v) is 32.1. The number of halogens is 20. The molecule has 0 saturated heterocycles. The lowest BCUT2D eigenvalue weighted by Gasteiger charge is -2.48. The number of rotatable bonds is 28. The van der Waals surface area contributed by atoms with Gasteiger partial charge in [0, 0.05) is 30.7 Å². The average molecular weight is 991 g/mol. The highest BCUT2D eigenvalue weighted by molar-refractivity contribution is 5.82. The molecule has 0 aromatic carbocycles. The molecule has 0 bridgehead atoms. The van der Waals surface area contributed by atoms with Crippen LogP contribution in [-0.4, -0.2) is 115 Å². The molecular weight excluding hydrogens is 960 g/mol. The Balaban J connectivity index is 8.10. The second-order valence-electron chi connectivity index (χ2n) is 12.8. The van der Waals surface area contributed by atoms with E-state index in [-0.39, 0.29) is 30.6 Å². The average Bonchev–Trinajstić information content (AvgIpc) is 3.22. The Morgan fingerprint density at radius 1 is 0.369 bits per heavy atom. The van der Waals surface area contributed by atoms with Crippen LogP contribution in [0.4, 0.5) is 87.8 Å². The normalized spacial score (nSPS) is 14.7. The van der Waals surface area contributed by atoms with Crippen molar-refractivity contribution in [3.05, 3.63) is 76.1 Å². The van der Waals surface area contributed by atoms with Crippen LogP contribution in [0.2, 0.25) is 0 Å². The summed E-state index contributed by atoms with van der Waals surface area (Å²) in [6.07, 6.45) is -4.62.